The van der Waals surface area contributed by atoms with E-state index in [1.807, 2.05) is 6.92 Å². The van der Waals surface area contributed by atoms with Crippen molar-refractivity contribution in [3.8, 4) is 23.0 Å². The van der Waals surface area contributed by atoms with E-state index < -0.39 is 21.2 Å². The molecule has 0 radical (unpaired) electrons. The summed E-state index contributed by atoms with van der Waals surface area (Å²) in [5.74, 6) is 0.644. The van der Waals surface area contributed by atoms with Crippen LogP contribution in [0.3, 0.4) is 0 Å². The molecule has 11 nitrogen and oxygen atoms in total. The minimum atomic E-state index is -0.760. The minimum absolute atomic E-state index is 0.160. The van der Waals surface area contributed by atoms with Crippen LogP contribution in [0.2, 0.25) is 0 Å². The highest BCUT2D eigenvalue weighted by Crippen LogP contribution is 2.40. The van der Waals surface area contributed by atoms with E-state index in [9.17, 15) is 25.0 Å². The Morgan fingerprint density at radius 3 is 2.23 bits per heavy atom. The normalized spacial score (nSPS) is 14.0. The maximum absolute atomic E-state index is 13.2. The summed E-state index contributed by atoms with van der Waals surface area (Å²) in [7, 11) is 0. The van der Waals surface area contributed by atoms with E-state index in [-0.39, 0.29) is 29.8 Å². The smallest absolute Gasteiger partial charge is 0.318 e. The van der Waals surface area contributed by atoms with Gasteiger partial charge in [-0.05, 0) is 68.0 Å². The van der Waals surface area contributed by atoms with Crippen molar-refractivity contribution in [2.45, 2.75) is 13.8 Å². The summed E-state index contributed by atoms with van der Waals surface area (Å²) in [5, 5.41) is 22.5. The first-order valence-corrected chi connectivity index (χ1v) is 12.8. The number of thiocarbonyl (C=S) groups is 1. The summed E-state index contributed by atoms with van der Waals surface area (Å²) in [5.41, 5.74) is 0.231. The third-order valence-corrected chi connectivity index (χ3v) is 6.64. The SMILES string of the molecule is CCOc1ccc(N2C(=O)/C(=C\c3ccc(Oc4ccc([N+](=O)[O-])cc4[N+](=O)[O-])c(OCC)c3)SC2=S)cc1. The molecule has 4 rings (SSSR count). The molecule has 1 amide bonds. The Bertz CT molecular complexity index is 1490. The molecule has 3 aromatic carbocycles. The van der Waals surface area contributed by atoms with Gasteiger partial charge in [0.05, 0.1) is 39.7 Å². The molecule has 3 aromatic rings. The lowest BCUT2D eigenvalue weighted by atomic mass is 10.1. The van der Waals surface area contributed by atoms with Crippen LogP contribution in [0, 0.1) is 20.2 Å². The van der Waals surface area contributed by atoms with Crippen LogP contribution in [-0.2, 0) is 4.79 Å². The Balaban J connectivity index is 1.61. The zero-order chi connectivity index (χ0) is 28.1. The quantitative estimate of drug-likeness (QED) is 0.116. The van der Waals surface area contributed by atoms with Crippen LogP contribution in [0.1, 0.15) is 19.4 Å². The van der Waals surface area contributed by atoms with Crippen molar-refractivity contribution in [3.63, 3.8) is 0 Å². The number of amides is 1. The van der Waals surface area contributed by atoms with Gasteiger partial charge in [0, 0.05) is 6.07 Å². The molecule has 200 valence electrons. The molecule has 0 spiro atoms. The van der Waals surface area contributed by atoms with Crippen molar-refractivity contribution < 1.29 is 28.9 Å². The number of anilines is 1. The Kier molecular flexibility index (Phi) is 8.42. The Morgan fingerprint density at radius 2 is 1.59 bits per heavy atom. The molecule has 0 atom stereocenters. The fourth-order valence-electron chi connectivity index (χ4n) is 3.63. The Hall–Kier alpha value is -4.49. The van der Waals surface area contributed by atoms with E-state index in [2.05, 4.69) is 0 Å². The molecular formula is C26H21N3O8S2. The number of thioether (sulfide) groups is 1. The topological polar surface area (TPSA) is 134 Å². The predicted octanol–water partition coefficient (Wildman–Crippen LogP) is 6.50. The van der Waals surface area contributed by atoms with E-state index in [0.29, 0.717) is 32.8 Å². The molecule has 0 aliphatic carbocycles. The zero-order valence-electron chi connectivity index (χ0n) is 20.7. The fourth-order valence-corrected chi connectivity index (χ4v) is 4.93. The molecule has 0 N–H and O–H groups in total. The van der Waals surface area contributed by atoms with Crippen LogP contribution in [0.4, 0.5) is 17.1 Å². The van der Waals surface area contributed by atoms with Crippen LogP contribution in [0.5, 0.6) is 23.0 Å². The third-order valence-electron chi connectivity index (χ3n) is 5.33. The zero-order valence-corrected chi connectivity index (χ0v) is 22.3. The van der Waals surface area contributed by atoms with Crippen molar-refractivity contribution in [3.05, 3.63) is 91.4 Å². The summed E-state index contributed by atoms with van der Waals surface area (Å²) in [6.07, 6.45) is 1.66. The standard InChI is InChI=1S/C26H21N3O8S2/c1-3-35-19-9-6-17(7-10-19)27-25(30)24(39-26(27)38)14-16-5-11-22(23(13-16)36-4-2)37-21-12-8-18(28(31)32)15-20(21)29(33)34/h5-15H,3-4H2,1-2H3/b24-14+. The Morgan fingerprint density at radius 1 is 0.897 bits per heavy atom. The highest BCUT2D eigenvalue weighted by atomic mass is 32.2. The highest BCUT2D eigenvalue weighted by molar-refractivity contribution is 8.27. The average molecular weight is 568 g/mol. The first kappa shape index (κ1) is 27.5. The lowest BCUT2D eigenvalue weighted by Crippen LogP contribution is -2.27. The number of nitrogens with zero attached hydrogens (tertiary/aromatic N) is 3. The summed E-state index contributed by atoms with van der Waals surface area (Å²) in [6.45, 7) is 4.44. The van der Waals surface area contributed by atoms with Gasteiger partial charge in [-0.15, -0.1) is 0 Å². The summed E-state index contributed by atoms with van der Waals surface area (Å²) in [6, 6.07) is 15.0. The molecule has 0 unspecified atom stereocenters. The number of hydrogen-bond acceptors (Lipinski definition) is 10. The minimum Gasteiger partial charge on any atom is -0.494 e. The van der Waals surface area contributed by atoms with Crippen LogP contribution in [0.15, 0.2) is 65.6 Å². The lowest BCUT2D eigenvalue weighted by molar-refractivity contribution is -0.394. The average Bonchev–Trinajstić information content (AvgIpc) is 3.18. The van der Waals surface area contributed by atoms with E-state index >= 15 is 0 Å². The number of nitro benzene ring substituents is 2. The molecule has 1 fully saturated rings. The van der Waals surface area contributed by atoms with Gasteiger partial charge < -0.3 is 14.2 Å². The monoisotopic (exact) mass is 567 g/mol. The van der Waals surface area contributed by atoms with Gasteiger partial charge in [0.25, 0.3) is 11.6 Å². The molecule has 39 heavy (non-hydrogen) atoms. The Labute approximate surface area is 232 Å². The van der Waals surface area contributed by atoms with Crippen molar-refractivity contribution >= 4 is 57.3 Å². The highest BCUT2D eigenvalue weighted by Gasteiger charge is 2.33. The lowest BCUT2D eigenvalue weighted by Gasteiger charge is -2.15. The number of hydrogen-bond donors (Lipinski definition) is 0. The van der Waals surface area contributed by atoms with Crippen LogP contribution in [0.25, 0.3) is 6.08 Å². The number of rotatable bonds is 10. The van der Waals surface area contributed by atoms with E-state index in [0.717, 1.165) is 30.0 Å². The maximum atomic E-state index is 13.2. The van der Waals surface area contributed by atoms with Crippen LogP contribution >= 0.6 is 24.0 Å². The van der Waals surface area contributed by atoms with Gasteiger partial charge in [-0.25, -0.2) is 0 Å². The second kappa shape index (κ2) is 11.9. The number of carbonyl (C=O) groups is 1. The molecule has 0 aromatic heterocycles. The molecule has 13 heteroatoms. The van der Waals surface area contributed by atoms with Crippen molar-refractivity contribution in [1.29, 1.82) is 0 Å². The van der Waals surface area contributed by atoms with Gasteiger partial charge in [0.2, 0.25) is 5.75 Å². The number of nitro groups is 2. The largest absolute Gasteiger partial charge is 0.494 e. The molecule has 1 heterocycles. The van der Waals surface area contributed by atoms with Gasteiger partial charge in [-0.3, -0.25) is 29.9 Å². The first-order chi connectivity index (χ1) is 18.7. The third kappa shape index (κ3) is 6.16. The van der Waals surface area contributed by atoms with Gasteiger partial charge >= 0.3 is 5.69 Å². The van der Waals surface area contributed by atoms with Crippen molar-refractivity contribution in [2.75, 3.05) is 18.1 Å². The predicted molar refractivity (Wildman–Crippen MR) is 151 cm³/mol. The van der Waals surface area contributed by atoms with Crippen LogP contribution in [-0.4, -0.2) is 33.3 Å². The number of carbonyl (C=O) groups excluding carboxylic acids is 1. The second-order valence-corrected chi connectivity index (χ2v) is 9.53. The number of ether oxygens (including phenoxy) is 3. The molecule has 0 bridgehead atoms. The van der Waals surface area contributed by atoms with Gasteiger partial charge in [0.1, 0.15) is 5.75 Å². The van der Waals surface area contributed by atoms with Crippen LogP contribution < -0.4 is 19.1 Å². The van der Waals surface area contributed by atoms with Gasteiger partial charge in [0.15, 0.2) is 15.8 Å². The maximum Gasteiger partial charge on any atom is 0.318 e. The molecule has 1 saturated heterocycles. The van der Waals surface area contributed by atoms with Gasteiger partial charge in [-0.2, -0.15) is 0 Å². The molecular weight excluding hydrogens is 546 g/mol. The summed E-state index contributed by atoms with van der Waals surface area (Å²) >= 11 is 6.61. The number of benzene rings is 3. The van der Waals surface area contributed by atoms with Crippen molar-refractivity contribution in [1.82, 2.24) is 0 Å². The van der Waals surface area contributed by atoms with E-state index in [1.54, 1.807) is 49.4 Å². The summed E-state index contributed by atoms with van der Waals surface area (Å²) in [4.78, 5) is 36.0. The first-order valence-electron chi connectivity index (χ1n) is 11.6. The van der Waals surface area contributed by atoms with Gasteiger partial charge in [-0.1, -0.05) is 30.0 Å². The fraction of sp³-hybridized carbons (Fsp3) is 0.154. The van der Waals surface area contributed by atoms with E-state index in [4.69, 9.17) is 26.4 Å². The summed E-state index contributed by atoms with van der Waals surface area (Å²) < 4.78 is 17.2. The number of non-ortho nitro benzene ring substituents is 1. The molecule has 0 saturated carbocycles. The molecule has 1 aliphatic rings. The van der Waals surface area contributed by atoms with E-state index in [1.165, 1.54) is 11.0 Å². The van der Waals surface area contributed by atoms with Crippen molar-refractivity contribution in [2.24, 2.45) is 0 Å². The second-order valence-electron chi connectivity index (χ2n) is 7.85. The molecule has 1 aliphatic heterocycles.